The van der Waals surface area contributed by atoms with Gasteiger partial charge in [0.1, 0.15) is 4.90 Å². The molecule has 0 fully saturated rings. The van der Waals surface area contributed by atoms with E-state index in [4.69, 9.17) is 23.2 Å². The second kappa shape index (κ2) is 7.59. The number of halogens is 2. The topological polar surface area (TPSA) is 61.4 Å². The Kier molecular flexibility index (Phi) is 6.71. The number of sulfonamides is 1. The third kappa shape index (κ3) is 4.87. The van der Waals surface area contributed by atoms with Gasteiger partial charge in [-0.25, -0.2) is 13.4 Å². The van der Waals surface area contributed by atoms with Gasteiger partial charge >= 0.3 is 0 Å². The summed E-state index contributed by atoms with van der Waals surface area (Å²) in [5.74, 6) is 0. The monoisotopic (exact) mass is 339 g/mol. The van der Waals surface area contributed by atoms with Crippen LogP contribution in [0.15, 0.2) is 17.0 Å². The molecule has 0 aliphatic carbocycles. The highest BCUT2D eigenvalue weighted by atomic mass is 35.5. The Morgan fingerprint density at radius 2 is 1.85 bits per heavy atom. The summed E-state index contributed by atoms with van der Waals surface area (Å²) in [6.07, 6.45) is 0.985. The van der Waals surface area contributed by atoms with Crippen LogP contribution in [0.4, 0.5) is 0 Å². The first kappa shape index (κ1) is 17.7. The van der Waals surface area contributed by atoms with Crippen LogP contribution in [0.25, 0.3) is 0 Å². The normalized spacial score (nSPS) is 12.1. The third-order valence-corrected chi connectivity index (χ3v) is 4.73. The van der Waals surface area contributed by atoms with Crippen molar-refractivity contribution in [1.29, 1.82) is 0 Å². The van der Waals surface area contributed by atoms with E-state index in [2.05, 4.69) is 10.1 Å². The second-order valence-corrected chi connectivity index (χ2v) is 6.98. The molecule has 0 saturated heterocycles. The molecule has 0 aliphatic heterocycles. The van der Waals surface area contributed by atoms with Crippen LogP contribution < -0.4 is 10.1 Å². The molecule has 0 spiro atoms. The predicted octanol–water partition coefficient (Wildman–Crippen LogP) is 2.25. The zero-order valence-electron chi connectivity index (χ0n) is 11.7. The summed E-state index contributed by atoms with van der Waals surface area (Å²) >= 11 is 12.1. The maximum Gasteiger partial charge on any atom is 0.254 e. The predicted molar refractivity (Wildman–Crippen MR) is 82.5 cm³/mol. The molecule has 0 aromatic heterocycles. The van der Waals surface area contributed by atoms with E-state index in [1.54, 1.807) is 14.1 Å². The molecule has 0 heterocycles. The Morgan fingerprint density at radius 3 is 2.40 bits per heavy atom. The molecule has 1 rings (SSSR count). The first-order valence-corrected chi connectivity index (χ1v) is 8.40. The lowest BCUT2D eigenvalue weighted by Crippen LogP contribution is -2.36. The lowest BCUT2D eigenvalue weighted by molar-refractivity contribution is 0.364. The van der Waals surface area contributed by atoms with Gasteiger partial charge in [-0.15, -0.1) is 4.83 Å². The molecule has 0 amide bonds. The van der Waals surface area contributed by atoms with Crippen LogP contribution in [0, 0.1) is 0 Å². The quantitative estimate of drug-likeness (QED) is 0.590. The van der Waals surface area contributed by atoms with Crippen LogP contribution in [0.1, 0.15) is 18.9 Å². The van der Waals surface area contributed by atoms with Gasteiger partial charge < -0.3 is 5.32 Å². The molecule has 0 unspecified atom stereocenters. The van der Waals surface area contributed by atoms with Crippen molar-refractivity contribution >= 4 is 33.2 Å². The molecule has 0 radical (unpaired) electrons. The van der Waals surface area contributed by atoms with Gasteiger partial charge in [-0.2, -0.15) is 0 Å². The van der Waals surface area contributed by atoms with Crippen molar-refractivity contribution in [2.45, 2.75) is 24.8 Å². The summed E-state index contributed by atoms with van der Waals surface area (Å²) in [7, 11) is -0.526. The van der Waals surface area contributed by atoms with E-state index in [0.717, 1.165) is 13.0 Å². The van der Waals surface area contributed by atoms with Crippen molar-refractivity contribution in [3.63, 3.8) is 0 Å². The molecule has 114 valence electrons. The Hall–Kier alpha value is -0.370. The van der Waals surface area contributed by atoms with Crippen LogP contribution in [0.3, 0.4) is 0 Å². The minimum absolute atomic E-state index is 0.0190. The van der Waals surface area contributed by atoms with Gasteiger partial charge in [-0.1, -0.05) is 30.1 Å². The molecule has 0 bridgehead atoms. The van der Waals surface area contributed by atoms with Gasteiger partial charge in [0, 0.05) is 25.7 Å². The van der Waals surface area contributed by atoms with Crippen LogP contribution >= 0.6 is 23.2 Å². The second-order valence-electron chi connectivity index (χ2n) is 4.54. The highest BCUT2D eigenvalue weighted by Crippen LogP contribution is 2.28. The number of hydrogen-bond acceptors (Lipinski definition) is 4. The van der Waals surface area contributed by atoms with E-state index < -0.39 is 10.0 Å². The lowest BCUT2D eigenvalue weighted by atomic mass is 10.2. The zero-order chi connectivity index (χ0) is 15.3. The minimum atomic E-state index is -3.70. The van der Waals surface area contributed by atoms with Crippen LogP contribution in [-0.2, 0) is 16.6 Å². The van der Waals surface area contributed by atoms with Gasteiger partial charge in [-0.3, -0.25) is 0 Å². The van der Waals surface area contributed by atoms with E-state index in [0.29, 0.717) is 17.1 Å². The zero-order valence-corrected chi connectivity index (χ0v) is 14.0. The van der Waals surface area contributed by atoms with Crippen LogP contribution in [0.5, 0.6) is 0 Å². The largest absolute Gasteiger partial charge is 0.313 e. The van der Waals surface area contributed by atoms with Gasteiger partial charge in [0.05, 0.1) is 5.02 Å². The summed E-state index contributed by atoms with van der Waals surface area (Å²) in [6.45, 7) is 3.37. The minimum Gasteiger partial charge on any atom is -0.313 e. The van der Waals surface area contributed by atoms with E-state index >= 15 is 0 Å². The maximum atomic E-state index is 12.2. The van der Waals surface area contributed by atoms with Crippen molar-refractivity contribution in [3.8, 4) is 0 Å². The number of benzene rings is 1. The van der Waals surface area contributed by atoms with Gasteiger partial charge in [-0.05, 0) is 30.7 Å². The first-order valence-electron chi connectivity index (χ1n) is 6.16. The number of rotatable bonds is 7. The Bertz CT molecular complexity index is 562. The van der Waals surface area contributed by atoms with Crippen molar-refractivity contribution in [3.05, 3.63) is 27.7 Å². The summed E-state index contributed by atoms with van der Waals surface area (Å²) in [5, 5.41) is 5.07. The Balaban J connectivity index is 3.11. The van der Waals surface area contributed by atoms with Crippen molar-refractivity contribution in [1.82, 2.24) is 15.2 Å². The highest BCUT2D eigenvalue weighted by molar-refractivity contribution is 7.89. The molecule has 0 saturated carbocycles. The van der Waals surface area contributed by atoms with Gasteiger partial charge in [0.15, 0.2) is 0 Å². The number of hydrogen-bond donors (Lipinski definition) is 2. The van der Waals surface area contributed by atoms with E-state index in [1.165, 1.54) is 17.1 Å². The van der Waals surface area contributed by atoms with Gasteiger partial charge in [0.2, 0.25) is 0 Å². The molecule has 2 N–H and O–H groups in total. The van der Waals surface area contributed by atoms with E-state index in [-0.39, 0.29) is 9.92 Å². The van der Waals surface area contributed by atoms with Gasteiger partial charge in [0.25, 0.3) is 10.0 Å². The Morgan fingerprint density at radius 1 is 1.20 bits per heavy atom. The maximum absolute atomic E-state index is 12.2. The molecule has 5 nitrogen and oxygen atoms in total. The first-order chi connectivity index (χ1) is 9.27. The van der Waals surface area contributed by atoms with Crippen LogP contribution in [-0.4, -0.2) is 34.1 Å². The standard InChI is InChI=1S/C12H19Cl2N3O2S/c1-4-5-15-8-9-6-12(11(14)7-10(9)13)20(18,19)16-17(2)3/h6-7,15-16H,4-5,8H2,1-3H3. The fraction of sp³-hybridized carbons (Fsp3) is 0.500. The number of nitrogens with zero attached hydrogens (tertiary/aromatic N) is 1. The molecule has 1 aromatic carbocycles. The van der Waals surface area contributed by atoms with E-state index in [1.807, 2.05) is 6.92 Å². The fourth-order valence-corrected chi connectivity index (χ4v) is 3.55. The molecule has 0 aliphatic rings. The summed E-state index contributed by atoms with van der Waals surface area (Å²) in [5.41, 5.74) is 0.698. The average Bonchev–Trinajstić information content (AvgIpc) is 2.30. The van der Waals surface area contributed by atoms with Crippen molar-refractivity contribution < 1.29 is 8.42 Å². The van der Waals surface area contributed by atoms with Crippen molar-refractivity contribution in [2.75, 3.05) is 20.6 Å². The molecular weight excluding hydrogens is 321 g/mol. The van der Waals surface area contributed by atoms with E-state index in [9.17, 15) is 8.42 Å². The number of hydrazine groups is 1. The molecule has 1 aromatic rings. The summed E-state index contributed by atoms with van der Waals surface area (Å²) < 4.78 is 24.3. The molecule has 0 atom stereocenters. The molecular formula is C12H19Cl2N3O2S. The molecule has 8 heteroatoms. The highest BCUT2D eigenvalue weighted by Gasteiger charge is 2.20. The fourth-order valence-electron chi connectivity index (χ4n) is 1.60. The third-order valence-electron chi connectivity index (χ3n) is 2.44. The smallest absolute Gasteiger partial charge is 0.254 e. The molecule has 20 heavy (non-hydrogen) atoms. The Labute approximate surface area is 130 Å². The van der Waals surface area contributed by atoms with Crippen molar-refractivity contribution in [2.24, 2.45) is 0 Å². The average molecular weight is 340 g/mol. The summed E-state index contributed by atoms with van der Waals surface area (Å²) in [6, 6.07) is 2.95. The lowest BCUT2D eigenvalue weighted by Gasteiger charge is -2.15. The number of nitrogens with one attached hydrogen (secondary N) is 2. The SMILES string of the molecule is CCCNCc1cc(S(=O)(=O)NN(C)C)c(Cl)cc1Cl. The van der Waals surface area contributed by atoms with Crippen LogP contribution in [0.2, 0.25) is 10.0 Å². The summed E-state index contributed by atoms with van der Waals surface area (Å²) in [4.78, 5) is 2.37.